The van der Waals surface area contributed by atoms with E-state index in [9.17, 15) is 8.78 Å². The molecule has 78 valence electrons. The second kappa shape index (κ2) is 5.54. The molecule has 0 bridgehead atoms. The minimum Gasteiger partial charge on any atom is -0.286 e. The van der Waals surface area contributed by atoms with Crippen LogP contribution in [0.1, 0.15) is 26.7 Å². The summed E-state index contributed by atoms with van der Waals surface area (Å²) in [5.41, 5.74) is -0.115. The summed E-state index contributed by atoms with van der Waals surface area (Å²) in [7, 11) is 1.33. The monoisotopic (exact) mass is 199 g/mol. The van der Waals surface area contributed by atoms with Crippen molar-refractivity contribution in [3.63, 3.8) is 0 Å². The van der Waals surface area contributed by atoms with Crippen LogP contribution in [-0.4, -0.2) is 18.7 Å². The Kier molecular flexibility index (Phi) is 5.07. The Morgan fingerprint density at radius 2 is 2.14 bits per heavy atom. The smallest absolute Gasteiger partial charge is 0.286 e. The van der Waals surface area contributed by atoms with Crippen molar-refractivity contribution in [1.29, 1.82) is 0 Å². The van der Waals surface area contributed by atoms with Crippen LogP contribution in [0.4, 0.5) is 8.78 Å². The summed E-state index contributed by atoms with van der Waals surface area (Å²) >= 11 is 0. The summed E-state index contributed by atoms with van der Waals surface area (Å²) < 4.78 is 26.9. The van der Waals surface area contributed by atoms with Gasteiger partial charge in [0, 0.05) is 19.0 Å². The van der Waals surface area contributed by atoms with E-state index in [4.69, 9.17) is 6.42 Å². The van der Waals surface area contributed by atoms with Crippen LogP contribution in [0.3, 0.4) is 0 Å². The molecule has 0 radical (unpaired) electrons. The summed E-state index contributed by atoms with van der Waals surface area (Å²) in [5.74, 6) is -0.701. The Labute approximate surface area is 83.9 Å². The maximum atomic E-state index is 13.4. The quantitative estimate of drug-likeness (QED) is 0.487. The first-order chi connectivity index (χ1) is 6.53. The zero-order valence-electron chi connectivity index (χ0n) is 8.77. The van der Waals surface area contributed by atoms with Gasteiger partial charge in [0.2, 0.25) is 0 Å². The highest BCUT2D eigenvalue weighted by atomic mass is 19.3. The number of hydrogen-bond acceptors (Lipinski definition) is 1. The molecular formula is C11H15F2N. The molecular weight excluding hydrogens is 184 g/mol. The Balaban J connectivity index is 5.03. The lowest BCUT2D eigenvalue weighted by Crippen LogP contribution is -2.29. The minimum atomic E-state index is -2.92. The molecule has 0 aromatic carbocycles. The van der Waals surface area contributed by atoms with Gasteiger partial charge in [-0.3, -0.25) is 4.99 Å². The van der Waals surface area contributed by atoms with Crippen molar-refractivity contribution in [2.75, 3.05) is 7.05 Å². The van der Waals surface area contributed by atoms with Gasteiger partial charge >= 0.3 is 0 Å². The van der Waals surface area contributed by atoms with Gasteiger partial charge in [-0.1, -0.05) is 25.3 Å². The van der Waals surface area contributed by atoms with Crippen molar-refractivity contribution in [2.24, 2.45) is 4.99 Å². The zero-order valence-corrected chi connectivity index (χ0v) is 8.77. The van der Waals surface area contributed by atoms with E-state index in [0.717, 1.165) is 0 Å². The molecule has 0 aliphatic rings. The molecule has 0 aliphatic heterocycles. The van der Waals surface area contributed by atoms with E-state index in [1.165, 1.54) is 13.1 Å². The highest BCUT2D eigenvalue weighted by molar-refractivity contribution is 6.08. The molecule has 1 nitrogen and oxygen atoms in total. The van der Waals surface area contributed by atoms with Crippen molar-refractivity contribution in [3.8, 4) is 12.3 Å². The normalized spacial score (nSPS) is 14.0. The molecule has 0 saturated carbocycles. The van der Waals surface area contributed by atoms with Crippen LogP contribution >= 0.6 is 0 Å². The first-order valence-electron chi connectivity index (χ1n) is 4.51. The van der Waals surface area contributed by atoms with Crippen molar-refractivity contribution in [2.45, 2.75) is 32.6 Å². The van der Waals surface area contributed by atoms with E-state index >= 15 is 0 Å². The molecule has 0 fully saturated rings. The largest absolute Gasteiger partial charge is 0.290 e. The van der Waals surface area contributed by atoms with Crippen molar-refractivity contribution in [1.82, 2.24) is 0 Å². The predicted molar refractivity (Wildman–Crippen MR) is 55.8 cm³/mol. The van der Waals surface area contributed by atoms with Crippen molar-refractivity contribution >= 4 is 5.71 Å². The average molecular weight is 199 g/mol. The highest BCUT2D eigenvalue weighted by Crippen LogP contribution is 2.25. The van der Waals surface area contributed by atoms with Gasteiger partial charge in [0.25, 0.3) is 5.92 Å². The molecule has 0 aliphatic carbocycles. The van der Waals surface area contributed by atoms with E-state index < -0.39 is 5.92 Å². The van der Waals surface area contributed by atoms with Crippen LogP contribution in [0.5, 0.6) is 0 Å². The lowest BCUT2D eigenvalue weighted by atomic mass is 10.0. The molecule has 0 heterocycles. The number of rotatable bonds is 4. The third kappa shape index (κ3) is 2.95. The van der Waals surface area contributed by atoms with Gasteiger partial charge in [-0.2, -0.15) is 8.78 Å². The number of aliphatic imine (C=N–C) groups is 1. The molecule has 0 atom stereocenters. The summed E-state index contributed by atoms with van der Waals surface area (Å²) in [5, 5.41) is 0. The minimum absolute atomic E-state index is 0.172. The Morgan fingerprint density at radius 1 is 1.57 bits per heavy atom. The van der Waals surface area contributed by atoms with Crippen LogP contribution in [0.2, 0.25) is 0 Å². The second-order valence-corrected chi connectivity index (χ2v) is 2.87. The number of halogens is 2. The molecule has 3 heteroatoms. The Morgan fingerprint density at radius 3 is 2.43 bits per heavy atom. The first kappa shape index (κ1) is 12.8. The maximum Gasteiger partial charge on any atom is 0.290 e. The van der Waals surface area contributed by atoms with Crippen LogP contribution < -0.4 is 0 Å². The van der Waals surface area contributed by atoms with E-state index in [-0.39, 0.29) is 17.7 Å². The van der Waals surface area contributed by atoms with Crippen LogP contribution in [0, 0.1) is 12.3 Å². The molecule has 0 saturated heterocycles. The van der Waals surface area contributed by atoms with Gasteiger partial charge < -0.3 is 0 Å². The fraction of sp³-hybridized carbons (Fsp3) is 0.545. The van der Waals surface area contributed by atoms with E-state index in [1.807, 2.05) is 0 Å². The fourth-order valence-electron chi connectivity index (χ4n) is 1.20. The van der Waals surface area contributed by atoms with Gasteiger partial charge in [0.1, 0.15) is 5.71 Å². The molecule has 0 unspecified atom stereocenters. The predicted octanol–water partition coefficient (Wildman–Crippen LogP) is 3.07. The van der Waals surface area contributed by atoms with Crippen LogP contribution in [0.25, 0.3) is 0 Å². The molecule has 0 rings (SSSR count). The summed E-state index contributed by atoms with van der Waals surface area (Å²) in [6.07, 6.45) is 6.77. The Bertz CT molecular complexity index is 282. The lowest BCUT2D eigenvalue weighted by Gasteiger charge is -2.17. The molecule has 0 spiro atoms. The Hall–Kier alpha value is -1.17. The third-order valence-corrected chi connectivity index (χ3v) is 1.83. The SMILES string of the molecule is C#C/C(=C/C)C(=NC)C(F)(F)CCC. The standard InChI is InChI=1S/C11H15F2N/c1-5-8-11(12,13)10(14-4)9(6-2)7-3/h2,7H,5,8H2,1,3-4H3/b9-7-,14-10?. The summed E-state index contributed by atoms with van der Waals surface area (Å²) in [6.45, 7) is 3.33. The highest BCUT2D eigenvalue weighted by Gasteiger charge is 2.35. The van der Waals surface area contributed by atoms with Crippen molar-refractivity contribution < 1.29 is 8.78 Å². The van der Waals surface area contributed by atoms with Gasteiger partial charge in [-0.15, -0.1) is 6.42 Å². The zero-order chi connectivity index (χ0) is 11.2. The summed E-state index contributed by atoms with van der Waals surface area (Å²) in [6, 6.07) is 0. The number of allylic oxidation sites excluding steroid dienone is 2. The van der Waals surface area contributed by atoms with Gasteiger partial charge in [-0.25, -0.2) is 0 Å². The lowest BCUT2D eigenvalue weighted by molar-refractivity contribution is 0.0679. The maximum absolute atomic E-state index is 13.4. The van der Waals surface area contributed by atoms with Gasteiger partial charge in [0.15, 0.2) is 0 Å². The molecule has 0 amide bonds. The number of nitrogens with zero attached hydrogens (tertiary/aromatic N) is 1. The molecule has 14 heavy (non-hydrogen) atoms. The number of hydrogen-bond donors (Lipinski definition) is 0. The van der Waals surface area contributed by atoms with Gasteiger partial charge in [-0.05, 0) is 6.92 Å². The second-order valence-electron chi connectivity index (χ2n) is 2.87. The molecule has 0 aromatic rings. The average Bonchev–Trinajstić information content (AvgIpc) is 2.13. The first-order valence-corrected chi connectivity index (χ1v) is 4.51. The molecule has 0 N–H and O–H groups in total. The van der Waals surface area contributed by atoms with Crippen LogP contribution in [-0.2, 0) is 0 Å². The number of terminal acetylenes is 1. The van der Waals surface area contributed by atoms with E-state index in [1.54, 1.807) is 13.8 Å². The fourth-order valence-corrected chi connectivity index (χ4v) is 1.20. The van der Waals surface area contributed by atoms with Gasteiger partial charge in [0.05, 0.1) is 0 Å². The van der Waals surface area contributed by atoms with Crippen LogP contribution in [0.15, 0.2) is 16.6 Å². The molecule has 0 aromatic heterocycles. The topological polar surface area (TPSA) is 12.4 Å². The number of alkyl halides is 2. The summed E-state index contributed by atoms with van der Waals surface area (Å²) in [4.78, 5) is 3.58. The van der Waals surface area contributed by atoms with E-state index in [2.05, 4.69) is 10.9 Å². The third-order valence-electron chi connectivity index (χ3n) is 1.83. The van der Waals surface area contributed by atoms with E-state index in [0.29, 0.717) is 6.42 Å². The van der Waals surface area contributed by atoms with Crippen molar-refractivity contribution in [3.05, 3.63) is 11.6 Å².